The highest BCUT2D eigenvalue weighted by molar-refractivity contribution is 5.99. The third kappa shape index (κ3) is 3.67. The first-order valence-electron chi connectivity index (χ1n) is 8.81. The molecule has 2 amide bonds. The zero-order valence-corrected chi connectivity index (χ0v) is 14.7. The van der Waals surface area contributed by atoms with Gasteiger partial charge in [-0.25, -0.2) is 4.79 Å². The van der Waals surface area contributed by atoms with Crippen molar-refractivity contribution in [2.45, 2.75) is 32.6 Å². The number of benzene rings is 1. The van der Waals surface area contributed by atoms with Crippen molar-refractivity contribution in [3.63, 3.8) is 0 Å². The fourth-order valence-electron chi connectivity index (χ4n) is 3.43. The molecule has 0 saturated heterocycles. The van der Waals surface area contributed by atoms with Gasteiger partial charge in [0, 0.05) is 31.1 Å². The number of nitrogens with zero attached hydrogens (tertiary/aromatic N) is 1. The molecule has 0 aromatic heterocycles. The quantitative estimate of drug-likeness (QED) is 0.828. The molecule has 0 unspecified atom stereocenters. The lowest BCUT2D eigenvalue weighted by Gasteiger charge is -2.30. The molecule has 2 atom stereocenters. The van der Waals surface area contributed by atoms with Crippen molar-refractivity contribution in [1.82, 2.24) is 5.32 Å². The van der Waals surface area contributed by atoms with Crippen LogP contribution in [0.15, 0.2) is 18.2 Å². The van der Waals surface area contributed by atoms with Crippen LogP contribution in [-0.2, 0) is 20.7 Å². The highest BCUT2D eigenvalue weighted by atomic mass is 16.5. The maximum atomic E-state index is 12.6. The van der Waals surface area contributed by atoms with E-state index >= 15 is 0 Å². The molecule has 1 heterocycles. The number of carbonyl (C=O) groups is 3. The zero-order chi connectivity index (χ0) is 18.0. The van der Waals surface area contributed by atoms with Gasteiger partial charge >= 0.3 is 5.97 Å². The first-order valence-corrected chi connectivity index (χ1v) is 8.81. The summed E-state index contributed by atoms with van der Waals surface area (Å²) < 4.78 is 4.84. The van der Waals surface area contributed by atoms with Gasteiger partial charge in [0.15, 0.2) is 0 Å². The summed E-state index contributed by atoms with van der Waals surface area (Å²) >= 11 is 0. The number of amides is 2. The van der Waals surface area contributed by atoms with Gasteiger partial charge in [-0.3, -0.25) is 9.59 Å². The molecule has 1 saturated carbocycles. The molecule has 0 spiro atoms. The number of anilines is 1. The minimum atomic E-state index is -0.378. The second-order valence-corrected chi connectivity index (χ2v) is 6.80. The van der Waals surface area contributed by atoms with Gasteiger partial charge in [0.25, 0.3) is 0 Å². The molecule has 0 radical (unpaired) electrons. The van der Waals surface area contributed by atoms with E-state index in [1.165, 1.54) is 7.11 Å². The summed E-state index contributed by atoms with van der Waals surface area (Å²) in [6.45, 7) is 3.03. The van der Waals surface area contributed by atoms with Gasteiger partial charge in [0.2, 0.25) is 11.8 Å². The number of nitrogens with one attached hydrogen (secondary N) is 1. The molecular formula is C19H24N2O4. The Kier molecular flexibility index (Phi) is 5.06. The minimum absolute atomic E-state index is 0.0351. The summed E-state index contributed by atoms with van der Waals surface area (Å²) in [7, 11) is 1.36. The Morgan fingerprint density at radius 2 is 2.08 bits per heavy atom. The fourth-order valence-corrected chi connectivity index (χ4v) is 3.43. The number of ether oxygens (including phenoxy) is 1. The maximum absolute atomic E-state index is 12.6. The normalized spacial score (nSPS) is 21.3. The summed E-state index contributed by atoms with van der Waals surface area (Å²) in [6, 6.07) is 5.37. The van der Waals surface area contributed by atoms with Gasteiger partial charge in [0.1, 0.15) is 0 Å². The molecule has 1 N–H and O–H groups in total. The van der Waals surface area contributed by atoms with E-state index in [1.807, 2.05) is 6.07 Å². The van der Waals surface area contributed by atoms with E-state index in [-0.39, 0.29) is 30.1 Å². The molecule has 2 aliphatic rings. The lowest BCUT2D eigenvalue weighted by atomic mass is 9.96. The van der Waals surface area contributed by atoms with Crippen LogP contribution in [0.5, 0.6) is 0 Å². The van der Waals surface area contributed by atoms with Gasteiger partial charge in [-0.15, -0.1) is 0 Å². The van der Waals surface area contributed by atoms with Crippen LogP contribution in [0.3, 0.4) is 0 Å². The average molecular weight is 344 g/mol. The van der Waals surface area contributed by atoms with Crippen LogP contribution < -0.4 is 10.2 Å². The van der Waals surface area contributed by atoms with Crippen molar-refractivity contribution in [2.75, 3.05) is 25.1 Å². The zero-order valence-electron chi connectivity index (χ0n) is 14.7. The number of esters is 1. The summed E-state index contributed by atoms with van der Waals surface area (Å²) in [5.41, 5.74) is 2.17. The number of methoxy groups -OCH3 is 1. The standard InChI is InChI=1S/C19H24N2O4/c1-12-11-15(12)18(23)20-9-8-17(22)21-10-4-6-13-14(19(24)25-2)5-3-7-16(13)21/h3,5,7,12,15H,4,6,8-11H2,1-2H3,(H,20,23)/t12-,15+/m1/s1. The Bertz CT molecular complexity index is 701. The van der Waals surface area contributed by atoms with Crippen LogP contribution >= 0.6 is 0 Å². The van der Waals surface area contributed by atoms with Gasteiger partial charge in [-0.05, 0) is 42.9 Å². The first kappa shape index (κ1) is 17.5. The smallest absolute Gasteiger partial charge is 0.338 e. The lowest BCUT2D eigenvalue weighted by Crippen LogP contribution is -2.38. The average Bonchev–Trinajstić information content (AvgIpc) is 3.36. The van der Waals surface area contributed by atoms with E-state index in [1.54, 1.807) is 17.0 Å². The monoisotopic (exact) mass is 344 g/mol. The molecule has 6 heteroatoms. The number of carbonyl (C=O) groups excluding carboxylic acids is 3. The van der Waals surface area contributed by atoms with Crippen molar-refractivity contribution in [3.05, 3.63) is 29.3 Å². The first-order chi connectivity index (χ1) is 12.0. The molecule has 1 aliphatic carbocycles. The van der Waals surface area contributed by atoms with Crippen LogP contribution in [0.1, 0.15) is 42.1 Å². The van der Waals surface area contributed by atoms with Crippen molar-refractivity contribution >= 4 is 23.5 Å². The van der Waals surface area contributed by atoms with Gasteiger partial charge < -0.3 is 15.0 Å². The largest absolute Gasteiger partial charge is 0.465 e. The molecule has 1 aliphatic heterocycles. The third-order valence-electron chi connectivity index (χ3n) is 5.04. The topological polar surface area (TPSA) is 75.7 Å². The summed E-state index contributed by atoms with van der Waals surface area (Å²) in [4.78, 5) is 38.1. The second-order valence-electron chi connectivity index (χ2n) is 6.80. The van der Waals surface area contributed by atoms with E-state index in [9.17, 15) is 14.4 Å². The van der Waals surface area contributed by atoms with E-state index in [2.05, 4.69) is 12.2 Å². The third-order valence-corrected chi connectivity index (χ3v) is 5.04. The number of hydrogen-bond donors (Lipinski definition) is 1. The predicted octanol–water partition coefficient (Wildman–Crippen LogP) is 1.91. The van der Waals surface area contributed by atoms with Crippen molar-refractivity contribution in [1.29, 1.82) is 0 Å². The lowest BCUT2D eigenvalue weighted by molar-refractivity contribution is -0.122. The van der Waals surface area contributed by atoms with Crippen LogP contribution in [0, 0.1) is 11.8 Å². The van der Waals surface area contributed by atoms with E-state index in [0.29, 0.717) is 24.6 Å². The molecule has 25 heavy (non-hydrogen) atoms. The molecule has 1 aromatic carbocycles. The fraction of sp³-hybridized carbons (Fsp3) is 0.526. The number of fused-ring (bicyclic) bond motifs is 1. The van der Waals surface area contributed by atoms with Crippen molar-refractivity contribution < 1.29 is 19.1 Å². The molecule has 6 nitrogen and oxygen atoms in total. The van der Waals surface area contributed by atoms with E-state index < -0.39 is 0 Å². The molecule has 1 aromatic rings. The molecule has 1 fully saturated rings. The molecule has 3 rings (SSSR count). The van der Waals surface area contributed by atoms with Crippen LogP contribution in [0.2, 0.25) is 0 Å². The summed E-state index contributed by atoms with van der Waals surface area (Å²) in [6.07, 6.45) is 2.75. The van der Waals surface area contributed by atoms with Gasteiger partial charge in [-0.1, -0.05) is 13.0 Å². The Labute approximate surface area is 147 Å². The second kappa shape index (κ2) is 7.25. The highest BCUT2D eigenvalue weighted by Crippen LogP contribution is 2.37. The molecular weight excluding hydrogens is 320 g/mol. The van der Waals surface area contributed by atoms with Crippen molar-refractivity contribution in [3.8, 4) is 0 Å². The minimum Gasteiger partial charge on any atom is -0.465 e. The maximum Gasteiger partial charge on any atom is 0.338 e. The van der Waals surface area contributed by atoms with E-state index in [4.69, 9.17) is 4.74 Å². The summed E-state index contributed by atoms with van der Waals surface area (Å²) in [5, 5.41) is 2.85. The predicted molar refractivity (Wildman–Crippen MR) is 93.4 cm³/mol. The Balaban J connectivity index is 1.65. The van der Waals surface area contributed by atoms with Crippen LogP contribution in [0.25, 0.3) is 0 Å². The van der Waals surface area contributed by atoms with Gasteiger partial charge in [0.05, 0.1) is 12.7 Å². The Hall–Kier alpha value is -2.37. The van der Waals surface area contributed by atoms with Crippen LogP contribution in [-0.4, -0.2) is 38.0 Å². The summed E-state index contributed by atoms with van der Waals surface area (Å²) in [5.74, 6) is 0.214. The molecule has 0 bridgehead atoms. The highest BCUT2D eigenvalue weighted by Gasteiger charge is 2.38. The Morgan fingerprint density at radius 3 is 2.76 bits per heavy atom. The van der Waals surface area contributed by atoms with Gasteiger partial charge in [-0.2, -0.15) is 0 Å². The Morgan fingerprint density at radius 1 is 1.32 bits per heavy atom. The molecule has 134 valence electrons. The van der Waals surface area contributed by atoms with Crippen molar-refractivity contribution in [2.24, 2.45) is 11.8 Å². The van der Waals surface area contributed by atoms with Crippen LogP contribution in [0.4, 0.5) is 5.69 Å². The van der Waals surface area contributed by atoms with E-state index in [0.717, 1.165) is 30.5 Å². The number of rotatable bonds is 5. The number of hydrogen-bond acceptors (Lipinski definition) is 4. The SMILES string of the molecule is COC(=O)c1cccc2c1CCCN2C(=O)CCNC(=O)[C@H]1C[C@H]1C.